The molecule has 1 atom stereocenters. The summed E-state index contributed by atoms with van der Waals surface area (Å²) in [5, 5.41) is 8.77. The van der Waals surface area contributed by atoms with Crippen LogP contribution in [0.2, 0.25) is 0 Å². The van der Waals surface area contributed by atoms with E-state index in [1.807, 2.05) is 6.92 Å². The molecule has 0 amide bonds. The van der Waals surface area contributed by atoms with Crippen molar-refractivity contribution in [3.8, 4) is 0 Å². The molecule has 25 heavy (non-hydrogen) atoms. The Morgan fingerprint density at radius 3 is 2.16 bits per heavy atom. The van der Waals surface area contributed by atoms with E-state index < -0.39 is 0 Å². The summed E-state index contributed by atoms with van der Waals surface area (Å²) < 4.78 is 5.20. The molecule has 0 aliphatic carbocycles. The maximum atomic E-state index is 11.5. The fourth-order valence-electron chi connectivity index (χ4n) is 2.60. The van der Waals surface area contributed by atoms with Crippen LogP contribution in [-0.4, -0.2) is 23.8 Å². The van der Waals surface area contributed by atoms with Crippen LogP contribution in [0.1, 0.15) is 97.3 Å². The average molecular weight is 353 g/mol. The molecular formula is C22H40O3. The number of ether oxygens (including phenoxy) is 1. The summed E-state index contributed by atoms with van der Waals surface area (Å²) in [5.74, 6) is -0.133. The first-order valence-corrected chi connectivity index (χ1v) is 10.3. The minimum Gasteiger partial charge on any atom is -0.463 e. The number of rotatable bonds is 17. The van der Waals surface area contributed by atoms with Gasteiger partial charge in [0.25, 0.3) is 0 Å². The van der Waals surface area contributed by atoms with Gasteiger partial charge in [0.05, 0.1) is 0 Å². The lowest BCUT2D eigenvalue weighted by atomic mass is 10.1. The minimum atomic E-state index is -0.171. The van der Waals surface area contributed by atoms with Gasteiger partial charge in [-0.1, -0.05) is 63.3 Å². The standard InChI is InChI=1S/C22H40O3/c1-3-4-5-6-7-8-9-10-11-12-13-14-15-16-17-18-22(24)25-21(2)19-20-23/h7-8,10-11,21,23H,3-6,9,12-20H2,1-2H3/b8-7-,11-10-. The molecule has 0 saturated heterocycles. The third-order valence-electron chi connectivity index (χ3n) is 4.20. The largest absolute Gasteiger partial charge is 0.463 e. The molecule has 0 bridgehead atoms. The molecule has 0 aliphatic heterocycles. The molecule has 1 N–H and O–H groups in total. The van der Waals surface area contributed by atoms with Crippen molar-refractivity contribution in [2.45, 2.75) is 103 Å². The zero-order valence-electron chi connectivity index (χ0n) is 16.5. The first-order chi connectivity index (χ1) is 12.2. The van der Waals surface area contributed by atoms with Crippen LogP contribution in [0.5, 0.6) is 0 Å². The summed E-state index contributed by atoms with van der Waals surface area (Å²) in [6.07, 6.45) is 23.0. The Morgan fingerprint density at radius 2 is 1.52 bits per heavy atom. The van der Waals surface area contributed by atoms with Gasteiger partial charge in [-0.2, -0.15) is 0 Å². The van der Waals surface area contributed by atoms with E-state index in [0.29, 0.717) is 12.8 Å². The highest BCUT2D eigenvalue weighted by Gasteiger charge is 2.08. The van der Waals surface area contributed by atoms with E-state index in [4.69, 9.17) is 9.84 Å². The van der Waals surface area contributed by atoms with Crippen molar-refractivity contribution in [2.75, 3.05) is 6.61 Å². The van der Waals surface area contributed by atoms with Gasteiger partial charge in [-0.3, -0.25) is 4.79 Å². The molecule has 0 heterocycles. The number of carbonyl (C=O) groups is 1. The highest BCUT2D eigenvalue weighted by Crippen LogP contribution is 2.09. The van der Waals surface area contributed by atoms with Crippen LogP contribution in [0.25, 0.3) is 0 Å². The van der Waals surface area contributed by atoms with Crippen LogP contribution >= 0.6 is 0 Å². The van der Waals surface area contributed by atoms with Crippen molar-refractivity contribution in [1.29, 1.82) is 0 Å². The van der Waals surface area contributed by atoms with Crippen LogP contribution in [0.3, 0.4) is 0 Å². The Bertz CT molecular complexity index is 347. The lowest BCUT2D eigenvalue weighted by molar-refractivity contribution is -0.148. The molecule has 0 aromatic heterocycles. The highest BCUT2D eigenvalue weighted by atomic mass is 16.5. The molecular weight excluding hydrogens is 312 g/mol. The monoisotopic (exact) mass is 352 g/mol. The van der Waals surface area contributed by atoms with Gasteiger partial charge in [-0.15, -0.1) is 0 Å². The number of allylic oxidation sites excluding steroid dienone is 4. The SMILES string of the molecule is CCCCC/C=C\C/C=C\CCCCCCCC(=O)OC(C)CCO. The van der Waals surface area contributed by atoms with Gasteiger partial charge in [-0.25, -0.2) is 0 Å². The van der Waals surface area contributed by atoms with Crippen molar-refractivity contribution < 1.29 is 14.6 Å². The molecule has 1 unspecified atom stereocenters. The number of unbranched alkanes of at least 4 members (excludes halogenated alkanes) is 8. The van der Waals surface area contributed by atoms with E-state index in [9.17, 15) is 4.79 Å². The predicted molar refractivity (Wildman–Crippen MR) is 107 cm³/mol. The maximum Gasteiger partial charge on any atom is 0.306 e. The van der Waals surface area contributed by atoms with E-state index >= 15 is 0 Å². The summed E-state index contributed by atoms with van der Waals surface area (Å²) in [5.41, 5.74) is 0. The Hall–Kier alpha value is -1.09. The Balaban J connectivity index is 3.33. The van der Waals surface area contributed by atoms with Crippen LogP contribution in [0, 0.1) is 0 Å². The van der Waals surface area contributed by atoms with Gasteiger partial charge < -0.3 is 9.84 Å². The first-order valence-electron chi connectivity index (χ1n) is 10.3. The average Bonchev–Trinajstić information content (AvgIpc) is 2.58. The number of aliphatic hydroxyl groups excluding tert-OH is 1. The smallest absolute Gasteiger partial charge is 0.306 e. The van der Waals surface area contributed by atoms with Crippen molar-refractivity contribution in [3.05, 3.63) is 24.3 Å². The van der Waals surface area contributed by atoms with Gasteiger partial charge >= 0.3 is 5.97 Å². The van der Waals surface area contributed by atoms with Gasteiger partial charge in [0.1, 0.15) is 6.10 Å². The quantitative estimate of drug-likeness (QED) is 0.195. The van der Waals surface area contributed by atoms with E-state index in [1.165, 1.54) is 44.9 Å². The summed E-state index contributed by atoms with van der Waals surface area (Å²) >= 11 is 0. The maximum absolute atomic E-state index is 11.5. The van der Waals surface area contributed by atoms with Gasteiger partial charge in [0.2, 0.25) is 0 Å². The molecule has 0 aromatic rings. The molecule has 0 aliphatic rings. The third-order valence-corrected chi connectivity index (χ3v) is 4.20. The molecule has 3 nitrogen and oxygen atoms in total. The normalized spacial score (nSPS) is 12.9. The van der Waals surface area contributed by atoms with E-state index in [1.54, 1.807) is 0 Å². The zero-order chi connectivity index (χ0) is 18.6. The van der Waals surface area contributed by atoms with Crippen molar-refractivity contribution in [3.63, 3.8) is 0 Å². The van der Waals surface area contributed by atoms with Gasteiger partial charge in [0, 0.05) is 19.4 Å². The second kappa shape index (κ2) is 19.2. The topological polar surface area (TPSA) is 46.5 Å². The van der Waals surface area contributed by atoms with Gasteiger partial charge in [0.15, 0.2) is 0 Å². The second-order valence-corrected chi connectivity index (χ2v) is 6.79. The van der Waals surface area contributed by atoms with E-state index in [0.717, 1.165) is 25.7 Å². The van der Waals surface area contributed by atoms with Crippen molar-refractivity contribution in [2.24, 2.45) is 0 Å². The van der Waals surface area contributed by atoms with Crippen LogP contribution < -0.4 is 0 Å². The zero-order valence-corrected chi connectivity index (χ0v) is 16.5. The first kappa shape index (κ1) is 23.9. The summed E-state index contributed by atoms with van der Waals surface area (Å²) in [6.45, 7) is 4.13. The number of carbonyl (C=O) groups excluding carboxylic acids is 1. The number of aliphatic hydroxyl groups is 1. The lowest BCUT2D eigenvalue weighted by Crippen LogP contribution is -2.15. The Morgan fingerprint density at radius 1 is 0.920 bits per heavy atom. The van der Waals surface area contributed by atoms with Crippen LogP contribution in [0.15, 0.2) is 24.3 Å². The van der Waals surface area contributed by atoms with Gasteiger partial charge in [-0.05, 0) is 45.4 Å². The van der Waals surface area contributed by atoms with Crippen molar-refractivity contribution >= 4 is 5.97 Å². The summed E-state index contributed by atoms with van der Waals surface area (Å²) in [6, 6.07) is 0. The molecule has 146 valence electrons. The fourth-order valence-corrected chi connectivity index (χ4v) is 2.60. The predicted octanol–water partition coefficient (Wildman–Crippen LogP) is 6.11. The molecule has 3 heteroatoms. The Kier molecular flexibility index (Phi) is 18.4. The summed E-state index contributed by atoms with van der Waals surface area (Å²) in [7, 11) is 0. The third kappa shape index (κ3) is 19.1. The number of esters is 1. The Labute approximate surface area is 155 Å². The fraction of sp³-hybridized carbons (Fsp3) is 0.773. The molecule has 0 fully saturated rings. The molecule has 0 saturated carbocycles. The highest BCUT2D eigenvalue weighted by molar-refractivity contribution is 5.69. The molecule has 0 aromatic carbocycles. The van der Waals surface area contributed by atoms with Crippen LogP contribution in [-0.2, 0) is 9.53 Å². The number of hydrogen-bond donors (Lipinski definition) is 1. The molecule has 0 radical (unpaired) electrons. The van der Waals surface area contributed by atoms with E-state index in [2.05, 4.69) is 31.2 Å². The van der Waals surface area contributed by atoms with Crippen molar-refractivity contribution in [1.82, 2.24) is 0 Å². The minimum absolute atomic E-state index is 0.0676. The van der Waals surface area contributed by atoms with Crippen LogP contribution in [0.4, 0.5) is 0 Å². The molecule has 0 rings (SSSR count). The molecule has 0 spiro atoms. The lowest BCUT2D eigenvalue weighted by Gasteiger charge is -2.11. The summed E-state index contributed by atoms with van der Waals surface area (Å²) in [4.78, 5) is 11.5. The number of hydrogen-bond acceptors (Lipinski definition) is 3. The second-order valence-electron chi connectivity index (χ2n) is 6.79. The van der Waals surface area contributed by atoms with E-state index in [-0.39, 0.29) is 18.7 Å².